The lowest BCUT2D eigenvalue weighted by Gasteiger charge is -2.01. The first-order valence-electron chi connectivity index (χ1n) is 6.51. The molecule has 2 rings (SSSR count). The van der Waals surface area contributed by atoms with E-state index in [-0.39, 0.29) is 10.8 Å². The van der Waals surface area contributed by atoms with E-state index >= 15 is 0 Å². The smallest absolute Gasteiger partial charge is 0.264 e. The molecule has 2 amide bonds. The molecule has 1 aromatic carbocycles. The number of carbonyl (C=O) groups excluding carboxylic acids is 2. The van der Waals surface area contributed by atoms with Crippen LogP contribution in [0.25, 0.3) is 0 Å². The molecule has 0 bridgehead atoms. The topological polar surface area (TPSA) is 79.8 Å². The highest BCUT2D eigenvalue weighted by Gasteiger charge is 2.25. The third-order valence-corrected chi connectivity index (χ3v) is 4.19. The zero-order chi connectivity index (χ0) is 16.8. The van der Waals surface area contributed by atoms with Crippen LogP contribution in [0.2, 0.25) is 10.0 Å². The highest BCUT2D eigenvalue weighted by atomic mass is 35.5. The summed E-state index contributed by atoms with van der Waals surface area (Å²) in [5.74, 6) is -0.782. The van der Waals surface area contributed by atoms with E-state index in [0.717, 1.165) is 11.8 Å². The van der Waals surface area contributed by atoms with Crippen LogP contribution in [0.3, 0.4) is 0 Å². The van der Waals surface area contributed by atoms with Crippen molar-refractivity contribution in [2.45, 2.75) is 0 Å². The van der Waals surface area contributed by atoms with Gasteiger partial charge in [0.05, 0.1) is 21.6 Å². The maximum Gasteiger partial charge on any atom is 0.264 e. The molecule has 1 aliphatic rings. The number of hydrogen-bond acceptors (Lipinski definition) is 5. The van der Waals surface area contributed by atoms with Gasteiger partial charge < -0.3 is 15.4 Å². The number of methoxy groups -OCH3 is 1. The molecular formula is C14H13Cl2N3O3S. The zero-order valence-electron chi connectivity index (χ0n) is 12.1. The predicted molar refractivity (Wildman–Crippen MR) is 92.3 cm³/mol. The van der Waals surface area contributed by atoms with Gasteiger partial charge in [-0.1, -0.05) is 29.3 Å². The van der Waals surface area contributed by atoms with Crippen molar-refractivity contribution in [3.05, 3.63) is 39.2 Å². The van der Waals surface area contributed by atoms with Crippen molar-refractivity contribution >= 4 is 57.6 Å². The third-order valence-electron chi connectivity index (χ3n) is 2.67. The van der Waals surface area contributed by atoms with E-state index in [4.69, 9.17) is 27.9 Å². The van der Waals surface area contributed by atoms with Crippen molar-refractivity contribution in [1.82, 2.24) is 10.6 Å². The van der Waals surface area contributed by atoms with E-state index in [1.54, 1.807) is 18.2 Å². The van der Waals surface area contributed by atoms with Crippen molar-refractivity contribution in [3.63, 3.8) is 0 Å². The number of thioether (sulfide) groups is 1. The van der Waals surface area contributed by atoms with Crippen molar-refractivity contribution in [2.24, 2.45) is 4.99 Å². The maximum absolute atomic E-state index is 11.9. The molecule has 1 aromatic rings. The van der Waals surface area contributed by atoms with Gasteiger partial charge in [0.1, 0.15) is 5.69 Å². The summed E-state index contributed by atoms with van der Waals surface area (Å²) in [6.45, 7) is 0.757. The average molecular weight is 374 g/mol. The van der Waals surface area contributed by atoms with Crippen molar-refractivity contribution in [3.8, 4) is 0 Å². The fourth-order valence-corrected chi connectivity index (χ4v) is 2.90. The van der Waals surface area contributed by atoms with Crippen LogP contribution in [0.4, 0.5) is 5.69 Å². The molecule has 0 radical (unpaired) electrons. The second kappa shape index (κ2) is 8.35. The molecule has 9 heteroatoms. The molecule has 6 nitrogen and oxygen atoms in total. The quantitative estimate of drug-likeness (QED) is 0.613. The van der Waals surface area contributed by atoms with Gasteiger partial charge in [0, 0.05) is 19.7 Å². The Bertz CT molecular complexity index is 672. The number of hydrogen-bond donors (Lipinski definition) is 2. The Labute approximate surface area is 147 Å². The number of amides is 2. The molecule has 1 fully saturated rings. The van der Waals surface area contributed by atoms with E-state index in [9.17, 15) is 9.59 Å². The molecule has 0 unspecified atom stereocenters. The van der Waals surface area contributed by atoms with Crippen LogP contribution >= 0.6 is 35.0 Å². The number of benzene rings is 1. The Morgan fingerprint density at radius 3 is 2.78 bits per heavy atom. The SMILES string of the molecule is COCCNC(=O)/C=C1\SC(=Nc2c(Cl)cccc2Cl)NC1=O. The Morgan fingerprint density at radius 2 is 2.13 bits per heavy atom. The summed E-state index contributed by atoms with van der Waals surface area (Å²) >= 11 is 13.1. The summed E-state index contributed by atoms with van der Waals surface area (Å²) in [5, 5.41) is 6.21. The lowest BCUT2D eigenvalue weighted by Crippen LogP contribution is -2.26. The summed E-state index contributed by atoms with van der Waals surface area (Å²) in [4.78, 5) is 28.0. The second-order valence-electron chi connectivity index (χ2n) is 4.34. The number of nitrogens with zero attached hydrogens (tertiary/aromatic N) is 1. The normalized spacial score (nSPS) is 17.6. The van der Waals surface area contributed by atoms with Crippen LogP contribution < -0.4 is 10.6 Å². The molecule has 0 aliphatic carbocycles. The lowest BCUT2D eigenvalue weighted by atomic mass is 10.3. The first-order valence-corrected chi connectivity index (χ1v) is 8.09. The van der Waals surface area contributed by atoms with Crippen molar-refractivity contribution < 1.29 is 14.3 Å². The molecule has 0 spiro atoms. The number of nitrogens with one attached hydrogen (secondary N) is 2. The Balaban J connectivity index is 2.10. The van der Waals surface area contributed by atoms with Crippen molar-refractivity contribution in [2.75, 3.05) is 20.3 Å². The highest BCUT2D eigenvalue weighted by Crippen LogP contribution is 2.35. The van der Waals surface area contributed by atoms with Gasteiger partial charge in [0.15, 0.2) is 5.17 Å². The second-order valence-corrected chi connectivity index (χ2v) is 6.18. The van der Waals surface area contributed by atoms with Gasteiger partial charge in [-0.3, -0.25) is 9.59 Å². The number of aliphatic imine (C=N–C) groups is 1. The van der Waals surface area contributed by atoms with Crippen LogP contribution in [0.5, 0.6) is 0 Å². The fraction of sp³-hybridized carbons (Fsp3) is 0.214. The molecule has 0 aromatic heterocycles. The number of halogens is 2. The summed E-state index contributed by atoms with van der Waals surface area (Å²) in [6.07, 6.45) is 1.21. The number of amidine groups is 1. The molecule has 1 heterocycles. The summed E-state index contributed by atoms with van der Waals surface area (Å²) in [7, 11) is 1.54. The largest absolute Gasteiger partial charge is 0.383 e. The number of carbonyl (C=O) groups is 2. The van der Waals surface area contributed by atoms with Crippen LogP contribution in [-0.2, 0) is 14.3 Å². The molecule has 23 heavy (non-hydrogen) atoms. The van der Waals surface area contributed by atoms with Crippen molar-refractivity contribution in [1.29, 1.82) is 0 Å². The standard InChI is InChI=1S/C14H13Cl2N3O3S/c1-22-6-5-17-11(20)7-10-13(21)19-14(23-10)18-12-8(15)3-2-4-9(12)16/h2-4,7H,5-6H2,1H3,(H,17,20)(H,18,19,21)/b10-7-. The van der Waals surface area contributed by atoms with E-state index in [1.807, 2.05) is 0 Å². The van der Waals surface area contributed by atoms with E-state index < -0.39 is 5.91 Å². The maximum atomic E-state index is 11.9. The van der Waals surface area contributed by atoms with E-state index in [0.29, 0.717) is 34.1 Å². The lowest BCUT2D eigenvalue weighted by molar-refractivity contribution is -0.118. The highest BCUT2D eigenvalue weighted by molar-refractivity contribution is 8.18. The minimum atomic E-state index is -0.404. The van der Waals surface area contributed by atoms with E-state index in [1.165, 1.54) is 13.2 Å². The monoisotopic (exact) mass is 373 g/mol. The van der Waals surface area contributed by atoms with Crippen LogP contribution in [-0.4, -0.2) is 37.2 Å². The first kappa shape index (κ1) is 17.8. The van der Waals surface area contributed by atoms with Gasteiger partial charge in [0.2, 0.25) is 5.91 Å². The van der Waals surface area contributed by atoms with Gasteiger partial charge in [-0.25, -0.2) is 4.99 Å². The molecule has 0 atom stereocenters. The molecule has 122 valence electrons. The van der Waals surface area contributed by atoms with Gasteiger partial charge >= 0.3 is 0 Å². The van der Waals surface area contributed by atoms with Gasteiger partial charge in [0.25, 0.3) is 5.91 Å². The number of para-hydroxylation sites is 1. The van der Waals surface area contributed by atoms with Gasteiger partial charge in [-0.05, 0) is 23.9 Å². The van der Waals surface area contributed by atoms with Crippen LogP contribution in [0, 0.1) is 0 Å². The van der Waals surface area contributed by atoms with Gasteiger partial charge in [-0.2, -0.15) is 0 Å². The summed E-state index contributed by atoms with van der Waals surface area (Å²) in [5.41, 5.74) is 0.365. The minimum absolute atomic E-state index is 0.238. The van der Waals surface area contributed by atoms with Gasteiger partial charge in [-0.15, -0.1) is 0 Å². The first-order chi connectivity index (χ1) is 11.0. The minimum Gasteiger partial charge on any atom is -0.383 e. The molecular weight excluding hydrogens is 361 g/mol. The predicted octanol–water partition coefficient (Wildman–Crippen LogP) is 2.49. The molecule has 0 saturated carbocycles. The summed E-state index contributed by atoms with van der Waals surface area (Å²) in [6, 6.07) is 4.99. The molecule has 1 saturated heterocycles. The fourth-order valence-electron chi connectivity index (χ4n) is 1.62. The molecule has 2 N–H and O–H groups in total. The molecule has 1 aliphatic heterocycles. The Hall–Kier alpha value is -1.54. The number of ether oxygens (including phenoxy) is 1. The average Bonchev–Trinajstić information content (AvgIpc) is 2.83. The Morgan fingerprint density at radius 1 is 1.43 bits per heavy atom. The third kappa shape index (κ3) is 4.97. The van der Waals surface area contributed by atoms with Crippen LogP contribution in [0.1, 0.15) is 0 Å². The van der Waals surface area contributed by atoms with Crippen LogP contribution in [0.15, 0.2) is 34.2 Å². The zero-order valence-corrected chi connectivity index (χ0v) is 14.4. The van der Waals surface area contributed by atoms with E-state index in [2.05, 4.69) is 15.6 Å². The number of rotatable bonds is 5. The Kier molecular flexibility index (Phi) is 6.47. The summed E-state index contributed by atoms with van der Waals surface area (Å²) < 4.78 is 4.83.